The molecule has 10 amide bonds. The van der Waals surface area contributed by atoms with E-state index < -0.39 is 142 Å². The summed E-state index contributed by atoms with van der Waals surface area (Å²) in [6.07, 6.45) is 1.01. The first kappa shape index (κ1) is 82.4. The smallest absolute Gasteiger partial charge is 0.355 e. The van der Waals surface area contributed by atoms with Crippen molar-refractivity contribution >= 4 is 103 Å². The third-order valence-electron chi connectivity index (χ3n) is 20.2. The van der Waals surface area contributed by atoms with E-state index in [4.69, 9.17) is 25.9 Å². The van der Waals surface area contributed by atoms with E-state index in [9.17, 15) is 66.3 Å². The highest BCUT2D eigenvalue weighted by atomic mass is 32.2. The lowest BCUT2D eigenvalue weighted by Crippen LogP contribution is -2.58. The van der Waals surface area contributed by atoms with Gasteiger partial charge in [0.25, 0.3) is 15.6 Å². The number of benzene rings is 4. The SMILES string of the molecule is CCCNC(=O)Nc1cccc(S(=O)(=O)Nc2cccc(C(CC(=O)O)NC(=O)Nc3ccc(NC(=O)NCCN(C)CCN(C)CCN(C)CC(=O)NC(CC(N)=O)C(=O)N4CCCC4C(=O)NC(C(=O)OC4(CC)C(=O)OCc5c4cc4n(c5=O)Cc5c-4nc4cc(F)c(C)c6c4c5C(N)CC6)C(C)C)cc3)c2)c1. The molecule has 111 heavy (non-hydrogen) atoms. The lowest BCUT2D eigenvalue weighted by Gasteiger charge is -2.37. The van der Waals surface area contributed by atoms with E-state index in [0.717, 1.165) is 16.5 Å². The van der Waals surface area contributed by atoms with Gasteiger partial charge in [-0.25, -0.2) is 41.8 Å². The molecule has 10 rings (SSSR count). The van der Waals surface area contributed by atoms with Gasteiger partial charge in [-0.2, -0.15) is 0 Å². The number of fused-ring (bicyclic) bond motifs is 5. The van der Waals surface area contributed by atoms with Crippen molar-refractivity contribution in [1.29, 1.82) is 0 Å². The summed E-state index contributed by atoms with van der Waals surface area (Å²) in [6.45, 7) is 11.4. The number of nitrogens with one attached hydrogen (secondary N) is 9. The Bertz CT molecular complexity index is 4780. The zero-order valence-corrected chi connectivity index (χ0v) is 64.0. The van der Waals surface area contributed by atoms with Crippen molar-refractivity contribution < 1.29 is 75.3 Å². The number of hydrogen-bond donors (Lipinski definition) is 12. The number of likely N-dealkylation sites (N-methyl/N-ethyl adjacent to an activating group) is 3. The van der Waals surface area contributed by atoms with Gasteiger partial charge in [0.15, 0.2) is 0 Å². The van der Waals surface area contributed by atoms with Crippen LogP contribution in [-0.2, 0) is 78.2 Å². The van der Waals surface area contributed by atoms with Gasteiger partial charge in [-0.3, -0.25) is 38.4 Å². The van der Waals surface area contributed by atoms with Gasteiger partial charge in [0.2, 0.25) is 29.2 Å². The molecule has 6 aromatic rings. The molecule has 6 atom stereocenters. The molecule has 5 heterocycles. The van der Waals surface area contributed by atoms with Crippen molar-refractivity contribution in [2.24, 2.45) is 17.4 Å². The molecule has 4 aromatic carbocycles. The number of carbonyl (C=O) groups is 10. The number of nitrogens with two attached hydrogens (primary N) is 2. The number of cyclic esters (lactones) is 1. The zero-order chi connectivity index (χ0) is 80.3. The summed E-state index contributed by atoms with van der Waals surface area (Å²) in [4.78, 5) is 160. The van der Waals surface area contributed by atoms with Gasteiger partial charge in [0.05, 0.1) is 59.3 Å². The number of aromatic nitrogens is 2. The number of aryl methyl sites for hydroxylation is 1. The predicted octanol–water partition coefficient (Wildman–Crippen LogP) is 4.80. The van der Waals surface area contributed by atoms with E-state index in [2.05, 4.69) is 47.3 Å². The summed E-state index contributed by atoms with van der Waals surface area (Å²) in [5.41, 5.74) is 15.0. The van der Waals surface area contributed by atoms with Crippen molar-refractivity contribution in [2.75, 3.05) is 101 Å². The molecule has 35 heteroatoms. The Kier molecular flexibility index (Phi) is 26.5. The van der Waals surface area contributed by atoms with E-state index in [1.807, 2.05) is 30.8 Å². The molecule has 1 fully saturated rings. The molecule has 14 N–H and O–H groups in total. The van der Waals surface area contributed by atoms with Crippen molar-refractivity contribution in [3.63, 3.8) is 0 Å². The number of urea groups is 3. The highest BCUT2D eigenvalue weighted by Crippen LogP contribution is 2.46. The summed E-state index contributed by atoms with van der Waals surface area (Å²) in [5, 5.41) is 31.9. The number of sulfonamides is 1. The molecular weight excluding hydrogens is 1460 g/mol. The van der Waals surface area contributed by atoms with Gasteiger partial charge in [-0.15, -0.1) is 0 Å². The normalized spacial score (nSPS) is 17.0. The molecular formula is C76H96FN17O16S. The Balaban J connectivity index is 0.650. The highest BCUT2D eigenvalue weighted by molar-refractivity contribution is 7.92. The fourth-order valence-corrected chi connectivity index (χ4v) is 15.3. The van der Waals surface area contributed by atoms with E-state index in [0.29, 0.717) is 104 Å². The maximum atomic E-state index is 15.4. The Morgan fingerprint density at radius 3 is 2.08 bits per heavy atom. The topological polar surface area (TPSA) is 452 Å². The van der Waals surface area contributed by atoms with Crippen LogP contribution in [0.15, 0.2) is 94.6 Å². The summed E-state index contributed by atoms with van der Waals surface area (Å²) in [7, 11) is 1.31. The van der Waals surface area contributed by atoms with E-state index >= 15 is 4.39 Å². The highest BCUT2D eigenvalue weighted by Gasteiger charge is 2.52. The lowest BCUT2D eigenvalue weighted by molar-refractivity contribution is -0.191. The summed E-state index contributed by atoms with van der Waals surface area (Å²) >= 11 is 0. The van der Waals surface area contributed by atoms with Crippen LogP contribution in [0.3, 0.4) is 0 Å². The van der Waals surface area contributed by atoms with Crippen LogP contribution in [0, 0.1) is 18.7 Å². The number of rotatable bonds is 33. The van der Waals surface area contributed by atoms with Crippen molar-refractivity contribution in [3.05, 3.63) is 140 Å². The molecule has 6 unspecified atom stereocenters. The first-order chi connectivity index (χ1) is 52.8. The number of carbonyl (C=O) groups excluding carboxylic acids is 9. The monoisotopic (exact) mass is 1550 g/mol. The van der Waals surface area contributed by atoms with Gasteiger partial charge in [0.1, 0.15) is 30.5 Å². The number of halogens is 1. The maximum Gasteiger partial charge on any atom is 0.355 e. The minimum atomic E-state index is -4.19. The molecule has 1 saturated heterocycles. The van der Waals surface area contributed by atoms with Crippen molar-refractivity contribution in [1.82, 2.24) is 55.7 Å². The summed E-state index contributed by atoms with van der Waals surface area (Å²) in [5.74, 6) is -7.25. The second-order valence-corrected chi connectivity index (χ2v) is 30.4. The molecule has 0 radical (unpaired) electrons. The van der Waals surface area contributed by atoms with Crippen LogP contribution in [0.5, 0.6) is 0 Å². The van der Waals surface area contributed by atoms with Crippen molar-refractivity contribution in [3.8, 4) is 11.4 Å². The van der Waals surface area contributed by atoms with Crippen LogP contribution in [0.2, 0.25) is 0 Å². The minimum absolute atomic E-state index is 0.0669. The third-order valence-corrected chi connectivity index (χ3v) is 21.6. The molecule has 0 bridgehead atoms. The summed E-state index contributed by atoms with van der Waals surface area (Å²) in [6, 6.07) is 13.3. The molecule has 33 nitrogen and oxygen atoms in total. The molecule has 3 aliphatic heterocycles. The van der Waals surface area contributed by atoms with Crippen LogP contribution in [0.25, 0.3) is 22.3 Å². The Morgan fingerprint density at radius 1 is 0.766 bits per heavy atom. The summed E-state index contributed by atoms with van der Waals surface area (Å²) < 4.78 is 58.0. The fraction of sp³-hybridized carbons (Fsp3) is 0.447. The molecule has 0 saturated carbocycles. The second-order valence-electron chi connectivity index (χ2n) is 28.7. The standard InChI is InChI=1S/C76H96FN17O16S/c1-9-25-80-73(104)84-47-15-12-17-49(34-47)111(107,108)89-48-16-11-14-44(33-48)56(38-63(97)98)87-75(106)83-46-21-19-45(20-22-46)82-74(105)81-26-28-90(6)29-30-91(7)31-32-92(8)40-62(96)85-58(37-61(79)95)70(101)93-27-13-18-59(93)68(99)88-66(42(3)4)71(102)110-76(10-2)53-35-60-67-51(39-94(60)69(100)52(53)41-109-72(76)103)64-55(78)24-23-50-43(5)54(77)36-57(86-67)65(50)64/h11-12,14-17,19-22,33-36,42,55-56,58-59,66,89H,9-10,13,18,23-32,37-41,78H2,1-8H3,(H2,79,95)(H,85,96)(H,88,99)(H,97,98)(H2,80,84,104)(H2,81,82,105)(H2,83,87,106). The van der Waals surface area contributed by atoms with Crippen LogP contribution in [0.4, 0.5) is 41.5 Å². The van der Waals surface area contributed by atoms with Gasteiger partial charge in [-0.1, -0.05) is 45.9 Å². The van der Waals surface area contributed by atoms with Gasteiger partial charge < -0.3 is 87.8 Å². The number of ether oxygens (including phenoxy) is 2. The molecule has 1 aliphatic carbocycles. The number of anilines is 4. The number of esters is 2. The van der Waals surface area contributed by atoms with Crippen LogP contribution in [-0.4, -0.2) is 200 Å². The number of amides is 10. The van der Waals surface area contributed by atoms with Crippen LogP contribution < -0.4 is 64.3 Å². The molecule has 4 aliphatic rings. The number of primary amides is 1. The Labute approximate surface area is 640 Å². The number of carboxylic acids is 1. The number of aliphatic carboxylic acids is 1. The second kappa shape index (κ2) is 35.7. The lowest BCUT2D eigenvalue weighted by atomic mass is 9.82. The number of nitrogens with zero attached hydrogens (tertiary/aromatic N) is 6. The number of pyridine rings is 2. The van der Waals surface area contributed by atoms with E-state index in [1.54, 1.807) is 57.8 Å². The predicted molar refractivity (Wildman–Crippen MR) is 410 cm³/mol. The number of hydrogen-bond acceptors (Lipinski definition) is 20. The molecule has 2 aromatic heterocycles. The fourth-order valence-electron chi connectivity index (χ4n) is 14.2. The van der Waals surface area contributed by atoms with Crippen LogP contribution in [0.1, 0.15) is 124 Å². The maximum absolute atomic E-state index is 15.4. The quantitative estimate of drug-likeness (QED) is 0.0246. The van der Waals surface area contributed by atoms with Gasteiger partial charge >= 0.3 is 36.0 Å². The minimum Gasteiger partial charge on any atom is -0.481 e. The van der Waals surface area contributed by atoms with Crippen LogP contribution >= 0.6 is 0 Å². The average molecular weight is 1550 g/mol. The van der Waals surface area contributed by atoms with Gasteiger partial charge in [0, 0.05) is 104 Å². The zero-order valence-electron chi connectivity index (χ0n) is 63.2. The largest absolute Gasteiger partial charge is 0.481 e. The number of likely N-dealkylation sites (tertiary alicyclic amines) is 1. The Hall–Kier alpha value is -11.1. The van der Waals surface area contributed by atoms with Gasteiger partial charge in [-0.05, 0) is 155 Å². The number of carboxylic acid groups (broad SMARTS) is 1. The molecule has 0 spiro atoms. The van der Waals surface area contributed by atoms with E-state index in [-0.39, 0.29) is 72.0 Å². The average Bonchev–Trinajstić information content (AvgIpc) is 1.58. The van der Waals surface area contributed by atoms with Crippen molar-refractivity contribution in [2.45, 2.75) is 140 Å². The molecule has 594 valence electrons. The Morgan fingerprint density at radius 2 is 1.41 bits per heavy atom. The first-order valence-electron chi connectivity index (χ1n) is 36.8. The third kappa shape index (κ3) is 19.5. The first-order valence-corrected chi connectivity index (χ1v) is 38.3. The van der Waals surface area contributed by atoms with E-state index in [1.165, 1.54) is 76.2 Å².